The van der Waals surface area contributed by atoms with E-state index in [0.29, 0.717) is 39.3 Å². The van der Waals surface area contributed by atoms with Crippen molar-refractivity contribution in [2.75, 3.05) is 32.1 Å². The molecule has 1 atom stereocenters. The lowest BCUT2D eigenvalue weighted by atomic mass is 9.93. The summed E-state index contributed by atoms with van der Waals surface area (Å²) < 4.78 is 11.5. The van der Waals surface area contributed by atoms with Gasteiger partial charge in [0.2, 0.25) is 5.91 Å². The molecule has 0 spiro atoms. The fraction of sp³-hybridized carbons (Fsp3) is 0.276. The lowest BCUT2D eigenvalue weighted by molar-refractivity contribution is -0.111. The van der Waals surface area contributed by atoms with Crippen LogP contribution in [0.4, 0.5) is 5.69 Å². The molecule has 2 aromatic heterocycles. The zero-order chi connectivity index (χ0) is 27.5. The number of nitrogens with one attached hydrogen (secondary N) is 2. The fourth-order valence-corrected chi connectivity index (χ4v) is 5.58. The fourth-order valence-electron chi connectivity index (χ4n) is 4.91. The molecule has 1 amide bonds. The molecule has 0 radical (unpaired) electrons. The number of benzene rings is 2. The largest absolute Gasteiger partial charge is 0.486 e. The number of H-pyrrole nitrogens is 1. The predicted molar refractivity (Wildman–Crippen MR) is 155 cm³/mol. The minimum Gasteiger partial charge on any atom is -0.486 e. The van der Waals surface area contributed by atoms with Crippen LogP contribution in [0.3, 0.4) is 0 Å². The monoisotopic (exact) mass is 565 g/mol. The first-order valence-corrected chi connectivity index (χ1v) is 13.4. The Morgan fingerprint density at radius 3 is 2.77 bits per heavy atom. The van der Waals surface area contributed by atoms with Crippen molar-refractivity contribution in [2.45, 2.75) is 26.0 Å². The van der Waals surface area contributed by atoms with E-state index < -0.39 is 6.10 Å². The molecule has 0 saturated carbocycles. The number of ether oxygens (including phenoxy) is 2. The molecular formula is C29H29Cl2N5O3. The molecule has 0 aliphatic carbocycles. The molecule has 39 heavy (non-hydrogen) atoms. The Labute approximate surface area is 236 Å². The van der Waals surface area contributed by atoms with E-state index in [0.717, 1.165) is 42.5 Å². The maximum absolute atomic E-state index is 12.4. The second-order valence-corrected chi connectivity index (χ2v) is 10.2. The summed E-state index contributed by atoms with van der Waals surface area (Å²) in [5.41, 5.74) is 6.13. The Bertz CT molecular complexity index is 1520. The second-order valence-electron chi connectivity index (χ2n) is 9.44. The van der Waals surface area contributed by atoms with Gasteiger partial charge in [0.25, 0.3) is 0 Å². The van der Waals surface area contributed by atoms with Crippen LogP contribution in [0.2, 0.25) is 10.0 Å². The summed E-state index contributed by atoms with van der Waals surface area (Å²) in [5, 5.41) is 12.5. The summed E-state index contributed by atoms with van der Waals surface area (Å²) in [6, 6.07) is 9.88. The summed E-state index contributed by atoms with van der Waals surface area (Å²) >= 11 is 12.7. The number of aromatic nitrogens is 3. The van der Waals surface area contributed by atoms with Crippen LogP contribution in [0.25, 0.3) is 22.2 Å². The summed E-state index contributed by atoms with van der Waals surface area (Å²) in [7, 11) is 1.71. The maximum atomic E-state index is 12.4. The van der Waals surface area contributed by atoms with Gasteiger partial charge < -0.3 is 14.8 Å². The number of hydrogen-bond acceptors (Lipinski definition) is 6. The molecule has 3 heterocycles. The van der Waals surface area contributed by atoms with Crippen LogP contribution in [0, 0.1) is 0 Å². The lowest BCUT2D eigenvalue weighted by Gasteiger charge is -2.29. The third-order valence-corrected chi connectivity index (χ3v) is 7.49. The van der Waals surface area contributed by atoms with E-state index in [1.54, 1.807) is 19.5 Å². The number of methoxy groups -OCH3 is 1. The van der Waals surface area contributed by atoms with E-state index in [-0.39, 0.29) is 5.91 Å². The molecule has 2 N–H and O–H groups in total. The summed E-state index contributed by atoms with van der Waals surface area (Å²) in [6.07, 6.45) is 4.84. The van der Waals surface area contributed by atoms with Crippen LogP contribution in [-0.4, -0.2) is 52.8 Å². The van der Waals surface area contributed by atoms with Gasteiger partial charge in [0.1, 0.15) is 17.5 Å². The molecule has 0 saturated heterocycles. The molecule has 202 valence electrons. The van der Waals surface area contributed by atoms with Crippen molar-refractivity contribution in [1.29, 1.82) is 0 Å². The number of fused-ring (bicyclic) bond motifs is 2. The number of halogens is 2. The van der Waals surface area contributed by atoms with Crippen LogP contribution in [0.15, 0.2) is 55.4 Å². The first-order chi connectivity index (χ1) is 18.9. The number of rotatable bonds is 9. The maximum Gasteiger partial charge on any atom is 0.247 e. The van der Waals surface area contributed by atoms with Crippen LogP contribution in [-0.2, 0) is 22.5 Å². The van der Waals surface area contributed by atoms with E-state index in [9.17, 15) is 4.79 Å². The zero-order valence-corrected chi connectivity index (χ0v) is 23.3. The highest BCUT2D eigenvalue weighted by Crippen LogP contribution is 2.38. The standard InChI is InChI=1S/C29H29Cl2N5O3/c1-4-27(37)33-26-12-19-16-36(9-10-38-3)8-7-18(19)11-21(26)29-22-13-20(5-6-25(22)34-35-29)39-17(2)28-23(30)14-32-15-24(28)31/h4-6,11-15,17H,1,7-10,16H2,2-3H3,(H,33,37)(H,34,35)/t17-/m1/s1. The van der Waals surface area contributed by atoms with Crippen molar-refractivity contribution in [1.82, 2.24) is 20.1 Å². The number of carbonyl (C=O) groups excluding carboxylic acids is 1. The van der Waals surface area contributed by atoms with Gasteiger partial charge in [-0.2, -0.15) is 5.10 Å². The van der Waals surface area contributed by atoms with Gasteiger partial charge in [-0.25, -0.2) is 0 Å². The number of aromatic amines is 1. The average Bonchev–Trinajstić information content (AvgIpc) is 3.34. The van der Waals surface area contributed by atoms with Crippen molar-refractivity contribution in [3.63, 3.8) is 0 Å². The molecular weight excluding hydrogens is 537 g/mol. The Kier molecular flexibility index (Phi) is 8.18. The van der Waals surface area contributed by atoms with E-state index >= 15 is 0 Å². The second kappa shape index (κ2) is 11.8. The van der Waals surface area contributed by atoms with E-state index in [4.69, 9.17) is 32.7 Å². The molecule has 0 bridgehead atoms. The highest BCUT2D eigenvalue weighted by Gasteiger charge is 2.22. The molecule has 10 heteroatoms. The normalized spacial score (nSPS) is 14.2. The van der Waals surface area contributed by atoms with Gasteiger partial charge in [-0.3, -0.25) is 19.8 Å². The van der Waals surface area contributed by atoms with Crippen LogP contribution < -0.4 is 10.1 Å². The number of nitrogens with zero attached hydrogens (tertiary/aromatic N) is 3. The highest BCUT2D eigenvalue weighted by atomic mass is 35.5. The Morgan fingerprint density at radius 1 is 1.23 bits per heavy atom. The number of pyridine rings is 1. The van der Waals surface area contributed by atoms with Gasteiger partial charge in [-0.05, 0) is 60.9 Å². The summed E-state index contributed by atoms with van der Waals surface area (Å²) in [4.78, 5) is 18.7. The van der Waals surface area contributed by atoms with Gasteiger partial charge in [-0.1, -0.05) is 29.8 Å². The first-order valence-electron chi connectivity index (χ1n) is 12.6. The van der Waals surface area contributed by atoms with Crippen LogP contribution >= 0.6 is 23.2 Å². The number of anilines is 1. The van der Waals surface area contributed by atoms with E-state index in [1.165, 1.54) is 17.2 Å². The van der Waals surface area contributed by atoms with Crippen LogP contribution in [0.1, 0.15) is 29.7 Å². The molecule has 0 unspecified atom stereocenters. The average molecular weight is 566 g/mol. The molecule has 2 aromatic carbocycles. The van der Waals surface area contributed by atoms with Crippen molar-refractivity contribution in [3.8, 4) is 17.0 Å². The van der Waals surface area contributed by atoms with Crippen molar-refractivity contribution >= 4 is 45.7 Å². The van der Waals surface area contributed by atoms with Gasteiger partial charge in [0, 0.05) is 55.7 Å². The molecule has 0 fully saturated rings. The molecule has 4 aromatic rings. The number of hydrogen-bond donors (Lipinski definition) is 2. The molecule has 1 aliphatic rings. The van der Waals surface area contributed by atoms with Crippen molar-refractivity contribution < 1.29 is 14.3 Å². The minimum absolute atomic E-state index is 0.285. The zero-order valence-electron chi connectivity index (χ0n) is 21.8. The quantitative estimate of drug-likeness (QED) is 0.235. The van der Waals surface area contributed by atoms with Crippen LogP contribution in [0.5, 0.6) is 5.75 Å². The summed E-state index contributed by atoms with van der Waals surface area (Å²) in [6.45, 7) is 8.75. The Hall–Kier alpha value is -3.43. The smallest absolute Gasteiger partial charge is 0.247 e. The van der Waals surface area contributed by atoms with Gasteiger partial charge in [-0.15, -0.1) is 0 Å². The van der Waals surface area contributed by atoms with E-state index in [1.807, 2.05) is 31.2 Å². The number of carbonyl (C=O) groups is 1. The minimum atomic E-state index is -0.409. The lowest BCUT2D eigenvalue weighted by Crippen LogP contribution is -2.33. The molecule has 5 rings (SSSR count). The third kappa shape index (κ3) is 5.79. The third-order valence-electron chi connectivity index (χ3n) is 6.89. The summed E-state index contributed by atoms with van der Waals surface area (Å²) in [5.74, 6) is 0.345. The van der Waals surface area contributed by atoms with Crippen molar-refractivity contribution in [3.05, 3.63) is 82.1 Å². The SMILES string of the molecule is C=CC(=O)Nc1cc2c(cc1-c1n[nH]c3ccc(O[C@H](C)c4c(Cl)cncc4Cl)cc13)CCN(CCOC)C2. The number of amides is 1. The predicted octanol–water partition coefficient (Wildman–Crippen LogP) is 6.20. The molecule has 1 aliphatic heterocycles. The van der Waals surface area contributed by atoms with Gasteiger partial charge in [0.05, 0.1) is 27.9 Å². The Balaban J connectivity index is 1.52. The highest BCUT2D eigenvalue weighted by molar-refractivity contribution is 6.35. The van der Waals surface area contributed by atoms with Gasteiger partial charge >= 0.3 is 0 Å². The molecule has 8 nitrogen and oxygen atoms in total. The first kappa shape index (κ1) is 27.1. The van der Waals surface area contributed by atoms with Crippen molar-refractivity contribution in [2.24, 2.45) is 0 Å². The van der Waals surface area contributed by atoms with E-state index in [2.05, 4.69) is 38.0 Å². The topological polar surface area (TPSA) is 92.4 Å². The van der Waals surface area contributed by atoms with Gasteiger partial charge in [0.15, 0.2) is 0 Å². The Morgan fingerprint density at radius 2 is 2.03 bits per heavy atom.